The number of ether oxygens (including phenoxy) is 1. The van der Waals surface area contributed by atoms with Crippen molar-refractivity contribution in [2.75, 3.05) is 18.0 Å². The first-order chi connectivity index (χ1) is 12.4. The monoisotopic (exact) mass is 376 g/mol. The molecule has 2 aromatic rings. The molecular weight excluding hydrogens is 352 g/mol. The molecule has 3 heterocycles. The van der Waals surface area contributed by atoms with Gasteiger partial charge in [0.2, 0.25) is 5.91 Å². The number of carbonyl (C=O) groups excluding carboxylic acids is 1. The highest BCUT2D eigenvalue weighted by molar-refractivity contribution is 7.07. The van der Waals surface area contributed by atoms with Gasteiger partial charge in [-0.25, -0.2) is 4.98 Å². The summed E-state index contributed by atoms with van der Waals surface area (Å²) >= 11 is 1.11. The molecule has 26 heavy (non-hydrogen) atoms. The Labute approximate surface area is 156 Å². The Morgan fingerprint density at radius 2 is 2.08 bits per heavy atom. The van der Waals surface area contributed by atoms with E-state index in [4.69, 9.17) is 4.74 Å². The lowest BCUT2D eigenvalue weighted by Crippen LogP contribution is -2.45. The molecule has 140 valence electrons. The van der Waals surface area contributed by atoms with Gasteiger partial charge in [0.1, 0.15) is 12.4 Å². The number of aryl methyl sites for hydroxylation is 1. The first-order valence-corrected chi connectivity index (χ1v) is 9.57. The first kappa shape index (κ1) is 18.6. The Balaban J connectivity index is 1.54. The highest BCUT2D eigenvalue weighted by Crippen LogP contribution is 2.18. The number of pyridine rings is 1. The third kappa shape index (κ3) is 4.50. The molecule has 1 saturated heterocycles. The summed E-state index contributed by atoms with van der Waals surface area (Å²) in [7, 11) is 0. The summed E-state index contributed by atoms with van der Waals surface area (Å²) < 4.78 is 7.22. The fraction of sp³-hybridized carbons (Fsp3) is 0.500. The van der Waals surface area contributed by atoms with E-state index in [1.54, 1.807) is 11.6 Å². The van der Waals surface area contributed by atoms with E-state index in [9.17, 15) is 9.59 Å². The van der Waals surface area contributed by atoms with Crippen molar-refractivity contribution in [1.82, 2.24) is 14.9 Å². The first-order valence-electron chi connectivity index (χ1n) is 8.69. The van der Waals surface area contributed by atoms with Crippen LogP contribution in [0.2, 0.25) is 0 Å². The van der Waals surface area contributed by atoms with E-state index in [2.05, 4.69) is 29.0 Å². The van der Waals surface area contributed by atoms with Crippen molar-refractivity contribution in [2.24, 2.45) is 0 Å². The van der Waals surface area contributed by atoms with Crippen molar-refractivity contribution in [3.63, 3.8) is 0 Å². The lowest BCUT2D eigenvalue weighted by molar-refractivity contribution is -0.121. The fourth-order valence-electron chi connectivity index (χ4n) is 3.07. The highest BCUT2D eigenvalue weighted by atomic mass is 32.1. The van der Waals surface area contributed by atoms with Crippen molar-refractivity contribution in [3.05, 3.63) is 44.6 Å². The molecule has 3 rings (SSSR count). The number of rotatable bonds is 5. The van der Waals surface area contributed by atoms with E-state index in [0.29, 0.717) is 6.54 Å². The van der Waals surface area contributed by atoms with Gasteiger partial charge in [0.15, 0.2) is 0 Å². The van der Waals surface area contributed by atoms with Crippen molar-refractivity contribution >= 4 is 23.1 Å². The average Bonchev–Trinajstić information content (AvgIpc) is 2.91. The van der Waals surface area contributed by atoms with E-state index in [1.165, 1.54) is 4.57 Å². The maximum atomic E-state index is 12.1. The summed E-state index contributed by atoms with van der Waals surface area (Å²) in [6.45, 7) is 8.02. The molecule has 0 radical (unpaired) electrons. The molecule has 1 aliphatic rings. The zero-order valence-electron chi connectivity index (χ0n) is 15.3. The van der Waals surface area contributed by atoms with Crippen molar-refractivity contribution in [2.45, 2.75) is 46.1 Å². The van der Waals surface area contributed by atoms with Gasteiger partial charge in [-0.05, 0) is 32.4 Å². The number of aromatic nitrogens is 2. The predicted molar refractivity (Wildman–Crippen MR) is 102 cm³/mol. The molecule has 2 unspecified atom stereocenters. The van der Waals surface area contributed by atoms with Gasteiger partial charge in [-0.2, -0.15) is 0 Å². The van der Waals surface area contributed by atoms with Gasteiger partial charge in [-0.15, -0.1) is 0 Å². The van der Waals surface area contributed by atoms with Crippen LogP contribution in [0, 0.1) is 6.92 Å². The number of hydrogen-bond donors (Lipinski definition) is 1. The molecule has 1 amide bonds. The van der Waals surface area contributed by atoms with Crippen LogP contribution in [0.5, 0.6) is 0 Å². The summed E-state index contributed by atoms with van der Waals surface area (Å²) in [5, 5.41) is 4.59. The number of carbonyl (C=O) groups is 1. The number of thiazole rings is 1. The zero-order valence-corrected chi connectivity index (χ0v) is 16.1. The van der Waals surface area contributed by atoms with Crippen LogP contribution in [0.1, 0.15) is 25.1 Å². The quantitative estimate of drug-likeness (QED) is 0.857. The highest BCUT2D eigenvalue weighted by Gasteiger charge is 2.22. The molecule has 0 aliphatic carbocycles. The Morgan fingerprint density at radius 3 is 2.65 bits per heavy atom. The second-order valence-corrected chi connectivity index (χ2v) is 7.51. The Hall–Kier alpha value is -2.19. The number of amides is 1. The molecule has 1 N–H and O–H groups in total. The van der Waals surface area contributed by atoms with Gasteiger partial charge < -0.3 is 15.0 Å². The summed E-state index contributed by atoms with van der Waals surface area (Å²) in [6, 6.07) is 3.94. The molecule has 0 aromatic carbocycles. The SMILES string of the molecule is Cc1csc(=O)n1CC(=O)NCc1ccc(N2CC(C)OC(C)C2)nc1. The molecule has 1 fully saturated rings. The number of morpholine rings is 1. The molecular formula is C18H24N4O3S. The minimum Gasteiger partial charge on any atom is -0.372 e. The van der Waals surface area contributed by atoms with Gasteiger partial charge in [-0.1, -0.05) is 17.4 Å². The summed E-state index contributed by atoms with van der Waals surface area (Å²) in [5.41, 5.74) is 1.72. The van der Waals surface area contributed by atoms with Crippen LogP contribution >= 0.6 is 11.3 Å². The molecule has 2 aromatic heterocycles. The molecule has 1 aliphatic heterocycles. The Kier molecular flexibility index (Phi) is 5.73. The molecule has 8 heteroatoms. The normalized spacial score (nSPS) is 20.2. The lowest BCUT2D eigenvalue weighted by Gasteiger charge is -2.36. The molecule has 2 atom stereocenters. The number of nitrogens with one attached hydrogen (secondary N) is 1. The fourth-order valence-corrected chi connectivity index (χ4v) is 3.80. The Bertz CT molecular complexity index is 805. The molecule has 7 nitrogen and oxygen atoms in total. The van der Waals surface area contributed by atoms with E-state index in [0.717, 1.165) is 41.5 Å². The van der Waals surface area contributed by atoms with Crippen LogP contribution in [0.25, 0.3) is 0 Å². The number of nitrogens with zero attached hydrogens (tertiary/aromatic N) is 3. The van der Waals surface area contributed by atoms with Gasteiger partial charge in [0.05, 0.1) is 12.2 Å². The minimum atomic E-state index is -0.187. The summed E-state index contributed by atoms with van der Waals surface area (Å²) in [6.07, 6.45) is 2.15. The molecule has 0 saturated carbocycles. The van der Waals surface area contributed by atoms with E-state index in [1.807, 2.05) is 19.1 Å². The van der Waals surface area contributed by atoms with Gasteiger partial charge in [0.25, 0.3) is 0 Å². The van der Waals surface area contributed by atoms with Crippen LogP contribution < -0.4 is 15.1 Å². The maximum absolute atomic E-state index is 12.1. The zero-order chi connectivity index (χ0) is 18.7. The van der Waals surface area contributed by atoms with Crippen LogP contribution in [-0.2, 0) is 22.6 Å². The van der Waals surface area contributed by atoms with E-state index < -0.39 is 0 Å². The second-order valence-electron chi connectivity index (χ2n) is 6.69. The van der Waals surface area contributed by atoms with Crippen LogP contribution in [0.15, 0.2) is 28.5 Å². The number of anilines is 1. The van der Waals surface area contributed by atoms with Gasteiger partial charge >= 0.3 is 4.87 Å². The third-order valence-corrected chi connectivity index (χ3v) is 5.20. The van der Waals surface area contributed by atoms with Crippen LogP contribution in [0.3, 0.4) is 0 Å². The third-order valence-electron chi connectivity index (χ3n) is 4.32. The van der Waals surface area contributed by atoms with E-state index in [-0.39, 0.29) is 29.5 Å². The van der Waals surface area contributed by atoms with Crippen molar-refractivity contribution in [3.8, 4) is 0 Å². The predicted octanol–water partition coefficient (Wildman–Crippen LogP) is 1.54. The topological polar surface area (TPSA) is 76.5 Å². The lowest BCUT2D eigenvalue weighted by atomic mass is 10.2. The summed E-state index contributed by atoms with van der Waals surface area (Å²) in [4.78, 5) is 30.3. The van der Waals surface area contributed by atoms with Crippen LogP contribution in [0.4, 0.5) is 5.82 Å². The molecule has 0 spiro atoms. The van der Waals surface area contributed by atoms with Crippen molar-refractivity contribution in [1.29, 1.82) is 0 Å². The van der Waals surface area contributed by atoms with Crippen LogP contribution in [-0.4, -0.2) is 40.8 Å². The van der Waals surface area contributed by atoms with E-state index >= 15 is 0 Å². The minimum absolute atomic E-state index is 0.0449. The van der Waals surface area contributed by atoms with Gasteiger partial charge in [-0.3, -0.25) is 14.2 Å². The smallest absolute Gasteiger partial charge is 0.307 e. The molecule has 0 bridgehead atoms. The maximum Gasteiger partial charge on any atom is 0.307 e. The average molecular weight is 376 g/mol. The number of hydrogen-bond acceptors (Lipinski definition) is 6. The second kappa shape index (κ2) is 8.01. The largest absolute Gasteiger partial charge is 0.372 e. The van der Waals surface area contributed by atoms with Crippen molar-refractivity contribution < 1.29 is 9.53 Å². The Morgan fingerprint density at radius 1 is 1.35 bits per heavy atom. The summed E-state index contributed by atoms with van der Waals surface area (Å²) in [5.74, 6) is 0.732. The van der Waals surface area contributed by atoms with Gasteiger partial charge in [0, 0.05) is 36.9 Å². The standard InChI is InChI=1S/C18H24N4O3S/c1-12-11-26-18(24)22(12)10-17(23)20-7-15-4-5-16(19-6-15)21-8-13(2)25-14(3)9-21/h4-6,11,13-14H,7-10H2,1-3H3,(H,20,23).